The molecule has 5 nitrogen and oxygen atoms in total. The van der Waals surface area contributed by atoms with Crippen LogP contribution in [0, 0.1) is 0 Å². The molecule has 0 atom stereocenters. The van der Waals surface area contributed by atoms with Crippen LogP contribution in [0.1, 0.15) is 10.4 Å². The Morgan fingerprint density at radius 2 is 1.55 bits per heavy atom. The molecule has 0 fully saturated rings. The van der Waals surface area contributed by atoms with Crippen molar-refractivity contribution < 1.29 is 23.1 Å². The predicted octanol–water partition coefficient (Wildman–Crippen LogP) is 2.58. The second kappa shape index (κ2) is 5.34. The molecule has 104 valence electrons. The van der Waals surface area contributed by atoms with E-state index in [0.717, 1.165) is 6.26 Å². The van der Waals surface area contributed by atoms with Crippen LogP contribution < -0.4 is 4.74 Å². The lowest BCUT2D eigenvalue weighted by Crippen LogP contribution is -2.03. The molecule has 0 radical (unpaired) electrons. The molecule has 0 aliphatic carbocycles. The van der Waals surface area contributed by atoms with Gasteiger partial charge in [-0.2, -0.15) is 0 Å². The summed E-state index contributed by atoms with van der Waals surface area (Å²) in [4.78, 5) is 11.1. The molecule has 1 N–H and O–H groups in total. The number of carboxylic acid groups (broad SMARTS) is 1. The maximum absolute atomic E-state index is 11.7. The molecule has 6 heteroatoms. The van der Waals surface area contributed by atoms with Gasteiger partial charge in [0.05, 0.1) is 0 Å². The van der Waals surface area contributed by atoms with Crippen LogP contribution in [0.15, 0.2) is 53.4 Å². The van der Waals surface area contributed by atoms with Gasteiger partial charge in [-0.25, -0.2) is 13.2 Å². The Kier molecular flexibility index (Phi) is 3.76. The van der Waals surface area contributed by atoms with Crippen LogP contribution >= 0.6 is 0 Å². The van der Waals surface area contributed by atoms with Crippen LogP contribution in [-0.4, -0.2) is 25.7 Å². The Hall–Kier alpha value is -2.34. The van der Waals surface area contributed by atoms with E-state index in [9.17, 15) is 13.2 Å². The molecule has 0 aromatic heterocycles. The Bertz CT molecular complexity index is 750. The smallest absolute Gasteiger partial charge is 0.339 e. The van der Waals surface area contributed by atoms with Crippen LogP contribution in [0.5, 0.6) is 11.5 Å². The van der Waals surface area contributed by atoms with E-state index in [-0.39, 0.29) is 22.0 Å². The number of ether oxygens (including phenoxy) is 1. The molecule has 2 aromatic rings. The van der Waals surface area contributed by atoms with Gasteiger partial charge in [0.25, 0.3) is 0 Å². The van der Waals surface area contributed by atoms with Crippen LogP contribution in [-0.2, 0) is 9.84 Å². The van der Waals surface area contributed by atoms with Crippen molar-refractivity contribution >= 4 is 15.8 Å². The Morgan fingerprint density at radius 3 is 2.15 bits per heavy atom. The summed E-state index contributed by atoms with van der Waals surface area (Å²) in [5, 5.41) is 9.07. The Labute approximate surface area is 116 Å². The number of aromatic carboxylic acids is 1. The first-order valence-electron chi connectivity index (χ1n) is 5.69. The molecule has 0 aliphatic heterocycles. The molecule has 20 heavy (non-hydrogen) atoms. The van der Waals surface area contributed by atoms with E-state index in [1.165, 1.54) is 24.3 Å². The van der Waals surface area contributed by atoms with Crippen LogP contribution in [0.3, 0.4) is 0 Å². The van der Waals surface area contributed by atoms with Gasteiger partial charge >= 0.3 is 5.97 Å². The summed E-state index contributed by atoms with van der Waals surface area (Å²) in [6, 6.07) is 12.1. The Balaban J connectivity index is 2.49. The number of sulfone groups is 1. The van der Waals surface area contributed by atoms with Crippen molar-refractivity contribution in [3.8, 4) is 11.5 Å². The maximum Gasteiger partial charge on any atom is 0.339 e. The number of para-hydroxylation sites is 2. The Morgan fingerprint density at radius 1 is 1.00 bits per heavy atom. The van der Waals surface area contributed by atoms with Crippen molar-refractivity contribution in [1.29, 1.82) is 0 Å². The van der Waals surface area contributed by atoms with Gasteiger partial charge in [0.1, 0.15) is 22.0 Å². The summed E-state index contributed by atoms with van der Waals surface area (Å²) < 4.78 is 28.8. The quantitative estimate of drug-likeness (QED) is 0.936. The zero-order chi connectivity index (χ0) is 14.8. The highest BCUT2D eigenvalue weighted by atomic mass is 32.2. The highest BCUT2D eigenvalue weighted by molar-refractivity contribution is 7.90. The van der Waals surface area contributed by atoms with E-state index in [0.29, 0.717) is 0 Å². The zero-order valence-corrected chi connectivity index (χ0v) is 11.4. The number of hydrogen-bond donors (Lipinski definition) is 1. The third-order valence-electron chi connectivity index (χ3n) is 2.59. The van der Waals surface area contributed by atoms with Gasteiger partial charge in [-0.1, -0.05) is 24.3 Å². The van der Waals surface area contributed by atoms with Crippen molar-refractivity contribution in [1.82, 2.24) is 0 Å². The number of carboxylic acids is 1. The summed E-state index contributed by atoms with van der Waals surface area (Å²) in [5.74, 6) is -0.947. The molecule has 0 saturated carbocycles. The van der Waals surface area contributed by atoms with E-state index in [2.05, 4.69) is 0 Å². The first kappa shape index (κ1) is 14.1. The van der Waals surface area contributed by atoms with E-state index in [1.54, 1.807) is 24.3 Å². The fraction of sp³-hybridized carbons (Fsp3) is 0.0714. The van der Waals surface area contributed by atoms with Crippen molar-refractivity contribution in [3.63, 3.8) is 0 Å². The van der Waals surface area contributed by atoms with Gasteiger partial charge in [-0.05, 0) is 24.3 Å². The first-order valence-corrected chi connectivity index (χ1v) is 7.58. The molecule has 0 heterocycles. The van der Waals surface area contributed by atoms with Gasteiger partial charge in [0.15, 0.2) is 9.84 Å². The SMILES string of the molecule is CS(=O)(=O)c1ccccc1Oc1ccccc1C(=O)O. The summed E-state index contributed by atoms with van der Waals surface area (Å²) in [5.41, 5.74) is -0.0317. The van der Waals surface area contributed by atoms with Gasteiger partial charge in [-0.15, -0.1) is 0 Å². The fourth-order valence-corrected chi connectivity index (χ4v) is 2.49. The molecule has 0 aliphatic rings. The highest BCUT2D eigenvalue weighted by Gasteiger charge is 2.17. The molecule has 0 saturated heterocycles. The molecular weight excluding hydrogens is 280 g/mol. The van der Waals surface area contributed by atoms with E-state index in [4.69, 9.17) is 9.84 Å². The van der Waals surface area contributed by atoms with Crippen LogP contribution in [0.4, 0.5) is 0 Å². The van der Waals surface area contributed by atoms with Crippen molar-refractivity contribution in [3.05, 3.63) is 54.1 Å². The number of hydrogen-bond acceptors (Lipinski definition) is 4. The number of rotatable bonds is 4. The normalized spacial score (nSPS) is 11.1. The number of carbonyl (C=O) groups is 1. The molecule has 0 bridgehead atoms. The van der Waals surface area contributed by atoms with Crippen molar-refractivity contribution in [2.45, 2.75) is 4.90 Å². The highest BCUT2D eigenvalue weighted by Crippen LogP contribution is 2.30. The second-order valence-corrected chi connectivity index (χ2v) is 6.11. The van der Waals surface area contributed by atoms with E-state index in [1.807, 2.05) is 0 Å². The van der Waals surface area contributed by atoms with Crippen molar-refractivity contribution in [2.75, 3.05) is 6.26 Å². The van der Waals surface area contributed by atoms with Crippen molar-refractivity contribution in [2.24, 2.45) is 0 Å². The summed E-state index contributed by atoms with van der Waals surface area (Å²) in [6.45, 7) is 0. The summed E-state index contributed by atoms with van der Waals surface area (Å²) in [6.07, 6.45) is 1.07. The predicted molar refractivity (Wildman–Crippen MR) is 73.0 cm³/mol. The molecule has 2 aromatic carbocycles. The molecular formula is C14H12O5S. The average Bonchev–Trinajstić information content (AvgIpc) is 2.38. The summed E-state index contributed by atoms with van der Waals surface area (Å²) >= 11 is 0. The third-order valence-corrected chi connectivity index (χ3v) is 3.72. The van der Waals surface area contributed by atoms with Gasteiger partial charge in [-0.3, -0.25) is 0 Å². The standard InChI is InChI=1S/C14H12O5S/c1-20(17,18)13-9-5-4-8-12(13)19-11-7-3-2-6-10(11)14(15)16/h2-9H,1H3,(H,15,16). The minimum atomic E-state index is -3.46. The topological polar surface area (TPSA) is 80.7 Å². The van der Waals surface area contributed by atoms with Gasteiger partial charge in [0, 0.05) is 6.26 Å². The van der Waals surface area contributed by atoms with Gasteiger partial charge in [0.2, 0.25) is 0 Å². The lowest BCUT2D eigenvalue weighted by atomic mass is 10.2. The van der Waals surface area contributed by atoms with E-state index >= 15 is 0 Å². The minimum Gasteiger partial charge on any atom is -0.478 e. The second-order valence-electron chi connectivity index (χ2n) is 4.12. The fourth-order valence-electron chi connectivity index (χ4n) is 1.69. The molecule has 0 amide bonds. The summed E-state index contributed by atoms with van der Waals surface area (Å²) in [7, 11) is -3.46. The zero-order valence-electron chi connectivity index (χ0n) is 10.6. The monoisotopic (exact) mass is 292 g/mol. The first-order chi connectivity index (χ1) is 9.39. The van der Waals surface area contributed by atoms with Crippen LogP contribution in [0.25, 0.3) is 0 Å². The van der Waals surface area contributed by atoms with Gasteiger partial charge < -0.3 is 9.84 Å². The molecule has 0 unspecified atom stereocenters. The maximum atomic E-state index is 11.7. The minimum absolute atomic E-state index is 0.0141. The number of benzene rings is 2. The van der Waals surface area contributed by atoms with E-state index < -0.39 is 15.8 Å². The molecule has 0 spiro atoms. The average molecular weight is 292 g/mol. The van der Waals surface area contributed by atoms with Crippen LogP contribution in [0.2, 0.25) is 0 Å². The third kappa shape index (κ3) is 2.97. The largest absolute Gasteiger partial charge is 0.478 e. The lowest BCUT2D eigenvalue weighted by Gasteiger charge is -2.11. The molecule has 2 rings (SSSR count). The lowest BCUT2D eigenvalue weighted by molar-refractivity contribution is 0.0694.